The van der Waals surface area contributed by atoms with Crippen LogP contribution in [0.25, 0.3) is 0 Å². The van der Waals surface area contributed by atoms with Crippen LogP contribution in [0, 0.1) is 0 Å². The van der Waals surface area contributed by atoms with Crippen molar-refractivity contribution in [2.75, 3.05) is 20.1 Å². The predicted octanol–water partition coefficient (Wildman–Crippen LogP) is 4.98. The second kappa shape index (κ2) is 20.3. The Balaban J connectivity index is 1.84. The Labute approximate surface area is 276 Å². The lowest BCUT2D eigenvalue weighted by molar-refractivity contribution is -0.150. The highest BCUT2D eigenvalue weighted by Gasteiger charge is 2.32. The fourth-order valence-corrected chi connectivity index (χ4v) is 4.45. The molecule has 2 atom stereocenters. The zero-order valence-electron chi connectivity index (χ0n) is 27.7. The van der Waals surface area contributed by atoms with Crippen LogP contribution in [-0.4, -0.2) is 78.0 Å². The first kappa shape index (κ1) is 38.4. The number of nitrogens with one attached hydrogen (secondary N) is 3. The first-order valence-electron chi connectivity index (χ1n) is 15.7. The number of carboxylic acid groups (broad SMARTS) is 1. The Morgan fingerprint density at radius 1 is 0.723 bits per heavy atom. The third kappa shape index (κ3) is 16.4. The summed E-state index contributed by atoms with van der Waals surface area (Å²) >= 11 is 0. The van der Waals surface area contributed by atoms with Gasteiger partial charge in [0.2, 0.25) is 5.91 Å². The van der Waals surface area contributed by atoms with Crippen molar-refractivity contribution in [2.45, 2.75) is 90.2 Å². The highest BCUT2D eigenvalue weighted by atomic mass is 16.6. The van der Waals surface area contributed by atoms with Crippen LogP contribution in [0.4, 0.5) is 14.4 Å². The average molecular weight is 657 g/mol. The molecule has 2 aromatic rings. The summed E-state index contributed by atoms with van der Waals surface area (Å²) in [7, 11) is 1.38. The Morgan fingerprint density at radius 3 is 1.64 bits per heavy atom. The van der Waals surface area contributed by atoms with Gasteiger partial charge in [-0.1, -0.05) is 60.7 Å². The van der Waals surface area contributed by atoms with Gasteiger partial charge >= 0.3 is 24.2 Å². The highest BCUT2D eigenvalue weighted by molar-refractivity contribution is 5.89. The molecule has 2 rings (SSSR count). The molecular weight excluding hydrogens is 608 g/mol. The summed E-state index contributed by atoms with van der Waals surface area (Å²) in [5.74, 6) is -1.77. The number of hydrogen-bond acceptors (Lipinski definition) is 8. The highest BCUT2D eigenvalue weighted by Crippen LogP contribution is 2.14. The van der Waals surface area contributed by atoms with Crippen LogP contribution >= 0.6 is 0 Å². The zero-order valence-corrected chi connectivity index (χ0v) is 27.7. The van der Waals surface area contributed by atoms with Crippen LogP contribution in [0.3, 0.4) is 0 Å². The summed E-state index contributed by atoms with van der Waals surface area (Å²) in [6.45, 7) is 5.90. The summed E-state index contributed by atoms with van der Waals surface area (Å²) in [6, 6.07) is 16.3. The maximum Gasteiger partial charge on any atom is 0.408 e. The molecule has 0 aliphatic rings. The molecule has 0 radical (unpaired) electrons. The smallest absolute Gasteiger partial charge is 0.408 e. The first-order valence-corrected chi connectivity index (χ1v) is 15.7. The number of ether oxygens (including phenoxy) is 3. The number of alkyl carbamates (subject to hydrolysis) is 3. The van der Waals surface area contributed by atoms with Crippen LogP contribution in [0.2, 0.25) is 0 Å². The minimum atomic E-state index is -1.19. The minimum absolute atomic E-state index is 0.131. The van der Waals surface area contributed by atoms with E-state index in [9.17, 15) is 29.1 Å². The number of carbonyl (C=O) groups excluding carboxylic acids is 4. The number of hydrogen-bond donors (Lipinski definition) is 4. The van der Waals surface area contributed by atoms with E-state index in [1.165, 1.54) is 7.05 Å². The van der Waals surface area contributed by atoms with Crippen molar-refractivity contribution in [3.8, 4) is 0 Å². The Morgan fingerprint density at radius 2 is 1.19 bits per heavy atom. The molecule has 0 spiro atoms. The fourth-order valence-electron chi connectivity index (χ4n) is 4.45. The lowest BCUT2D eigenvalue weighted by atomic mass is 10.0. The van der Waals surface area contributed by atoms with Crippen molar-refractivity contribution < 1.29 is 43.3 Å². The molecule has 0 unspecified atom stereocenters. The predicted molar refractivity (Wildman–Crippen MR) is 174 cm³/mol. The van der Waals surface area contributed by atoms with Crippen molar-refractivity contribution in [1.82, 2.24) is 20.9 Å². The van der Waals surface area contributed by atoms with Crippen molar-refractivity contribution >= 4 is 30.2 Å². The van der Waals surface area contributed by atoms with Gasteiger partial charge in [0.15, 0.2) is 0 Å². The molecule has 0 heterocycles. The number of rotatable bonds is 18. The summed E-state index contributed by atoms with van der Waals surface area (Å²) in [5.41, 5.74) is 0.908. The number of amides is 4. The molecule has 4 amide bonds. The fraction of sp³-hybridized carbons (Fsp3) is 0.500. The molecule has 258 valence electrons. The normalized spacial score (nSPS) is 12.2. The van der Waals surface area contributed by atoms with Crippen molar-refractivity contribution in [2.24, 2.45) is 0 Å². The molecule has 0 aromatic heterocycles. The number of benzene rings is 2. The van der Waals surface area contributed by atoms with Gasteiger partial charge in [-0.2, -0.15) is 0 Å². The van der Waals surface area contributed by atoms with Gasteiger partial charge in [0.05, 0.1) is 0 Å². The number of aliphatic carboxylic acids is 1. The molecular formula is C34H48N4O9. The number of likely N-dealkylation sites (N-methyl/N-ethyl adjacent to an activating group) is 1. The van der Waals surface area contributed by atoms with E-state index in [0.29, 0.717) is 25.7 Å². The monoisotopic (exact) mass is 656 g/mol. The van der Waals surface area contributed by atoms with Gasteiger partial charge < -0.3 is 40.2 Å². The standard InChI is InChI=1S/C34H48N4O9/c1-34(2,3)47-33(44)37-27(19-11-13-21-35-31(42)45-23-25-15-7-5-8-16-25)29(39)38(4)28(30(40)41)20-12-14-22-36-32(43)46-24-26-17-9-6-10-18-26/h5-10,15-18,27-28H,11-14,19-24H2,1-4H3,(H,35,42)(H,36,43)(H,37,44)(H,40,41)/t27-,28-/m0/s1. The maximum absolute atomic E-state index is 13.5. The molecule has 0 aliphatic heterocycles. The van der Waals surface area contributed by atoms with E-state index in [1.54, 1.807) is 20.8 Å². The lowest BCUT2D eigenvalue weighted by Crippen LogP contribution is -2.53. The second-order valence-electron chi connectivity index (χ2n) is 12.0. The second-order valence-corrected chi connectivity index (χ2v) is 12.0. The molecule has 13 heteroatoms. The SMILES string of the molecule is CN(C(=O)[C@H](CCCCNC(=O)OCc1ccccc1)NC(=O)OC(C)(C)C)[C@@H](CCCCNC(=O)OCc1ccccc1)C(=O)O. The Hall–Kier alpha value is -4.81. The average Bonchev–Trinajstić information content (AvgIpc) is 3.03. The molecule has 0 bridgehead atoms. The molecule has 0 aliphatic carbocycles. The topological polar surface area (TPSA) is 173 Å². The van der Waals surface area contributed by atoms with Crippen LogP contribution in [0.1, 0.15) is 70.4 Å². The van der Waals surface area contributed by atoms with Crippen LogP contribution < -0.4 is 16.0 Å². The molecule has 0 saturated carbocycles. The quantitative estimate of drug-likeness (QED) is 0.127. The van der Waals surface area contributed by atoms with E-state index in [4.69, 9.17) is 14.2 Å². The van der Waals surface area contributed by atoms with E-state index in [-0.39, 0.29) is 39.1 Å². The number of nitrogens with zero attached hydrogens (tertiary/aromatic N) is 1. The first-order chi connectivity index (χ1) is 22.4. The van der Waals surface area contributed by atoms with Gasteiger partial charge in [-0.15, -0.1) is 0 Å². The minimum Gasteiger partial charge on any atom is -0.480 e. The number of unbranched alkanes of at least 4 members (excludes halogenated alkanes) is 2. The molecule has 47 heavy (non-hydrogen) atoms. The molecule has 4 N–H and O–H groups in total. The molecule has 13 nitrogen and oxygen atoms in total. The summed E-state index contributed by atoms with van der Waals surface area (Å²) in [6.07, 6.45) is 0.148. The molecule has 0 saturated heterocycles. The van der Waals surface area contributed by atoms with E-state index in [2.05, 4.69) is 16.0 Å². The molecule has 2 aromatic carbocycles. The lowest BCUT2D eigenvalue weighted by Gasteiger charge is -2.30. The Kier molecular flexibility index (Phi) is 16.6. The van der Waals surface area contributed by atoms with Crippen LogP contribution in [0.15, 0.2) is 60.7 Å². The van der Waals surface area contributed by atoms with Crippen molar-refractivity contribution in [3.63, 3.8) is 0 Å². The van der Waals surface area contributed by atoms with Gasteiger partial charge in [-0.05, 0) is 70.4 Å². The third-order valence-corrected chi connectivity index (χ3v) is 6.88. The summed E-state index contributed by atoms with van der Waals surface area (Å²) in [4.78, 5) is 63.3. The van der Waals surface area contributed by atoms with Gasteiger partial charge in [0.25, 0.3) is 0 Å². The summed E-state index contributed by atoms with van der Waals surface area (Å²) < 4.78 is 15.7. The van der Waals surface area contributed by atoms with E-state index < -0.39 is 47.8 Å². The largest absolute Gasteiger partial charge is 0.480 e. The van der Waals surface area contributed by atoms with Gasteiger partial charge in [-0.3, -0.25) is 4.79 Å². The third-order valence-electron chi connectivity index (χ3n) is 6.88. The maximum atomic E-state index is 13.5. The number of carbonyl (C=O) groups is 5. The number of carboxylic acids is 1. The Bertz CT molecular complexity index is 1270. The van der Waals surface area contributed by atoms with Crippen LogP contribution in [-0.2, 0) is 37.0 Å². The van der Waals surface area contributed by atoms with Gasteiger partial charge in [-0.25, -0.2) is 19.2 Å². The summed E-state index contributed by atoms with van der Waals surface area (Å²) in [5, 5.41) is 17.8. The van der Waals surface area contributed by atoms with Crippen molar-refractivity contribution in [3.05, 3.63) is 71.8 Å². The van der Waals surface area contributed by atoms with Crippen molar-refractivity contribution in [1.29, 1.82) is 0 Å². The van der Waals surface area contributed by atoms with Gasteiger partial charge in [0, 0.05) is 20.1 Å². The molecule has 0 fully saturated rings. The van der Waals surface area contributed by atoms with E-state index in [0.717, 1.165) is 16.0 Å². The zero-order chi connectivity index (χ0) is 34.7. The van der Waals surface area contributed by atoms with Gasteiger partial charge in [0.1, 0.15) is 30.9 Å². The van der Waals surface area contributed by atoms with E-state index in [1.807, 2.05) is 60.7 Å². The van der Waals surface area contributed by atoms with E-state index >= 15 is 0 Å². The van der Waals surface area contributed by atoms with Crippen LogP contribution in [0.5, 0.6) is 0 Å².